The molecule has 2 nitrogen and oxygen atoms in total. The first-order valence-corrected chi connectivity index (χ1v) is 5.43. The van der Waals surface area contributed by atoms with E-state index in [1.807, 2.05) is 0 Å². The summed E-state index contributed by atoms with van der Waals surface area (Å²) in [5.41, 5.74) is 7.32. The van der Waals surface area contributed by atoms with E-state index in [1.165, 1.54) is 10.4 Å². The Morgan fingerprint density at radius 2 is 2.23 bits per heavy atom. The maximum Gasteiger partial charge on any atom is 0.0315 e. The number of nitrogens with two attached hydrogens (primary N) is 1. The Labute approximate surface area is 84.4 Å². The molecule has 0 spiro atoms. The largest absolute Gasteiger partial charge is 0.324 e. The van der Waals surface area contributed by atoms with E-state index in [0.717, 1.165) is 13.0 Å². The molecule has 13 heavy (non-hydrogen) atoms. The van der Waals surface area contributed by atoms with Gasteiger partial charge in [-0.05, 0) is 51.0 Å². The highest BCUT2D eigenvalue weighted by atomic mass is 32.1. The number of hydrogen-bond acceptors (Lipinski definition) is 3. The van der Waals surface area contributed by atoms with Crippen molar-refractivity contribution in [2.45, 2.75) is 19.4 Å². The molecule has 0 saturated carbocycles. The molecular formula is C10H18N2S. The quantitative estimate of drug-likeness (QED) is 0.802. The van der Waals surface area contributed by atoms with Crippen molar-refractivity contribution in [3.63, 3.8) is 0 Å². The Morgan fingerprint density at radius 3 is 2.69 bits per heavy atom. The molecule has 1 unspecified atom stereocenters. The topological polar surface area (TPSA) is 29.3 Å². The fraction of sp³-hybridized carbons (Fsp3) is 0.600. The van der Waals surface area contributed by atoms with Crippen LogP contribution in [-0.4, -0.2) is 25.5 Å². The monoisotopic (exact) mass is 198 g/mol. The van der Waals surface area contributed by atoms with Gasteiger partial charge in [0.25, 0.3) is 0 Å². The predicted molar refractivity (Wildman–Crippen MR) is 59.2 cm³/mol. The van der Waals surface area contributed by atoms with Crippen molar-refractivity contribution < 1.29 is 0 Å². The van der Waals surface area contributed by atoms with Gasteiger partial charge in [0.2, 0.25) is 0 Å². The summed E-state index contributed by atoms with van der Waals surface area (Å²) in [5, 5.41) is 2.16. The SMILES string of the molecule is Cc1cc(C(N)CCN(C)C)cs1. The maximum absolute atomic E-state index is 6.04. The summed E-state index contributed by atoms with van der Waals surface area (Å²) in [7, 11) is 4.15. The first-order valence-electron chi connectivity index (χ1n) is 4.55. The summed E-state index contributed by atoms with van der Waals surface area (Å²) in [6.45, 7) is 3.17. The molecule has 0 aliphatic carbocycles. The molecule has 74 valence electrons. The zero-order valence-electron chi connectivity index (χ0n) is 8.58. The number of rotatable bonds is 4. The van der Waals surface area contributed by atoms with Crippen LogP contribution in [0.4, 0.5) is 0 Å². The molecule has 0 radical (unpaired) electrons. The van der Waals surface area contributed by atoms with E-state index in [1.54, 1.807) is 11.3 Å². The second-order valence-corrected chi connectivity index (χ2v) is 4.80. The van der Waals surface area contributed by atoms with E-state index in [2.05, 4.69) is 37.4 Å². The lowest BCUT2D eigenvalue weighted by Gasteiger charge is -2.13. The van der Waals surface area contributed by atoms with Crippen molar-refractivity contribution in [3.05, 3.63) is 21.9 Å². The van der Waals surface area contributed by atoms with Crippen LogP contribution in [0, 0.1) is 6.92 Å². The average Bonchev–Trinajstić information content (AvgIpc) is 2.47. The van der Waals surface area contributed by atoms with Crippen LogP contribution in [0.2, 0.25) is 0 Å². The molecule has 2 N–H and O–H groups in total. The van der Waals surface area contributed by atoms with Crippen molar-refractivity contribution in [1.82, 2.24) is 4.90 Å². The second kappa shape index (κ2) is 4.74. The lowest BCUT2D eigenvalue weighted by Crippen LogP contribution is -2.19. The van der Waals surface area contributed by atoms with Crippen molar-refractivity contribution in [2.24, 2.45) is 5.73 Å². The molecule has 3 heteroatoms. The van der Waals surface area contributed by atoms with Crippen molar-refractivity contribution in [2.75, 3.05) is 20.6 Å². The van der Waals surface area contributed by atoms with Gasteiger partial charge in [-0.25, -0.2) is 0 Å². The summed E-state index contributed by atoms with van der Waals surface area (Å²) >= 11 is 1.77. The molecule has 0 saturated heterocycles. The number of nitrogens with zero attached hydrogens (tertiary/aromatic N) is 1. The van der Waals surface area contributed by atoms with E-state index in [4.69, 9.17) is 5.73 Å². The van der Waals surface area contributed by atoms with Crippen molar-refractivity contribution >= 4 is 11.3 Å². The Morgan fingerprint density at radius 1 is 1.54 bits per heavy atom. The fourth-order valence-corrected chi connectivity index (χ4v) is 1.99. The van der Waals surface area contributed by atoms with Gasteiger partial charge in [-0.2, -0.15) is 0 Å². The van der Waals surface area contributed by atoms with Crippen LogP contribution in [0.3, 0.4) is 0 Å². The van der Waals surface area contributed by atoms with Gasteiger partial charge in [-0.1, -0.05) is 0 Å². The number of aryl methyl sites for hydroxylation is 1. The second-order valence-electron chi connectivity index (χ2n) is 3.69. The van der Waals surface area contributed by atoms with E-state index in [9.17, 15) is 0 Å². The van der Waals surface area contributed by atoms with Crippen molar-refractivity contribution in [1.29, 1.82) is 0 Å². The van der Waals surface area contributed by atoms with E-state index >= 15 is 0 Å². The summed E-state index contributed by atoms with van der Waals surface area (Å²) in [5.74, 6) is 0. The van der Waals surface area contributed by atoms with Crippen LogP contribution in [-0.2, 0) is 0 Å². The highest BCUT2D eigenvalue weighted by Crippen LogP contribution is 2.20. The first kappa shape index (κ1) is 10.7. The third-order valence-electron chi connectivity index (χ3n) is 2.07. The van der Waals surface area contributed by atoms with E-state index in [-0.39, 0.29) is 6.04 Å². The lowest BCUT2D eigenvalue weighted by molar-refractivity contribution is 0.383. The highest BCUT2D eigenvalue weighted by Gasteiger charge is 2.07. The van der Waals surface area contributed by atoms with Crippen LogP contribution < -0.4 is 5.73 Å². The Bertz CT molecular complexity index is 255. The molecule has 0 amide bonds. The zero-order valence-corrected chi connectivity index (χ0v) is 9.40. The number of thiophene rings is 1. The van der Waals surface area contributed by atoms with Crippen LogP contribution in [0.25, 0.3) is 0 Å². The molecule has 1 aromatic rings. The van der Waals surface area contributed by atoms with Crippen LogP contribution in [0.5, 0.6) is 0 Å². The molecule has 0 fully saturated rings. The molecule has 0 bridgehead atoms. The van der Waals surface area contributed by atoms with Gasteiger partial charge in [0.05, 0.1) is 0 Å². The third kappa shape index (κ3) is 3.46. The maximum atomic E-state index is 6.04. The van der Waals surface area contributed by atoms with Gasteiger partial charge in [-0.3, -0.25) is 0 Å². The minimum Gasteiger partial charge on any atom is -0.324 e. The van der Waals surface area contributed by atoms with Crippen LogP contribution in [0.1, 0.15) is 22.9 Å². The minimum atomic E-state index is 0.201. The summed E-state index contributed by atoms with van der Waals surface area (Å²) < 4.78 is 0. The molecule has 1 atom stereocenters. The third-order valence-corrected chi connectivity index (χ3v) is 2.95. The summed E-state index contributed by atoms with van der Waals surface area (Å²) in [6, 6.07) is 2.39. The predicted octanol–water partition coefficient (Wildman–Crippen LogP) is 2.01. The summed E-state index contributed by atoms with van der Waals surface area (Å²) in [4.78, 5) is 3.51. The zero-order chi connectivity index (χ0) is 9.84. The van der Waals surface area contributed by atoms with Gasteiger partial charge in [0.1, 0.15) is 0 Å². The van der Waals surface area contributed by atoms with Gasteiger partial charge in [-0.15, -0.1) is 11.3 Å². The first-order chi connectivity index (χ1) is 6.09. The standard InChI is InChI=1S/C10H18N2S/c1-8-6-9(7-13-8)10(11)4-5-12(2)3/h6-7,10H,4-5,11H2,1-3H3. The molecule has 0 aliphatic heterocycles. The van der Waals surface area contributed by atoms with Gasteiger partial charge in [0, 0.05) is 10.9 Å². The van der Waals surface area contributed by atoms with Crippen LogP contribution in [0.15, 0.2) is 11.4 Å². The van der Waals surface area contributed by atoms with Crippen LogP contribution >= 0.6 is 11.3 Å². The molecule has 0 aliphatic rings. The molecule has 1 aromatic heterocycles. The van der Waals surface area contributed by atoms with E-state index in [0.29, 0.717) is 0 Å². The Kier molecular flexibility index (Phi) is 3.90. The lowest BCUT2D eigenvalue weighted by atomic mass is 10.1. The minimum absolute atomic E-state index is 0.201. The van der Waals surface area contributed by atoms with Crippen molar-refractivity contribution in [3.8, 4) is 0 Å². The van der Waals surface area contributed by atoms with Gasteiger partial charge in [0.15, 0.2) is 0 Å². The average molecular weight is 198 g/mol. The molecule has 0 aromatic carbocycles. The molecular weight excluding hydrogens is 180 g/mol. The molecule has 1 heterocycles. The normalized spacial score (nSPS) is 13.6. The van der Waals surface area contributed by atoms with E-state index < -0.39 is 0 Å². The fourth-order valence-electron chi connectivity index (χ4n) is 1.22. The smallest absolute Gasteiger partial charge is 0.0315 e. The Hall–Kier alpha value is -0.380. The Balaban J connectivity index is 2.44. The highest BCUT2D eigenvalue weighted by molar-refractivity contribution is 7.10. The van der Waals surface area contributed by atoms with Gasteiger partial charge < -0.3 is 10.6 Å². The summed E-state index contributed by atoms with van der Waals surface area (Å²) in [6.07, 6.45) is 1.03. The molecule has 1 rings (SSSR count). The van der Waals surface area contributed by atoms with Gasteiger partial charge >= 0.3 is 0 Å². The number of hydrogen-bond donors (Lipinski definition) is 1.